The van der Waals surface area contributed by atoms with Gasteiger partial charge in [-0.05, 0) is 47.4 Å². The molecule has 0 aliphatic rings. The fraction of sp³-hybridized carbons (Fsp3) is 0.273. The molecule has 0 saturated carbocycles. The van der Waals surface area contributed by atoms with Gasteiger partial charge in [-0.3, -0.25) is 20.4 Å². The lowest BCUT2D eigenvalue weighted by atomic mass is 9.87. The Hall–Kier alpha value is -3.55. The molecule has 1 aromatic heterocycles. The molecule has 1 heterocycles. The van der Waals surface area contributed by atoms with Crippen LogP contribution in [-0.2, 0) is 16.6 Å². The molecule has 0 saturated heterocycles. The number of halogens is 1. The maximum Gasteiger partial charge on any atom is 0.269 e. The second-order valence-electron chi connectivity index (χ2n) is 7.85. The van der Waals surface area contributed by atoms with Crippen LogP contribution >= 0.6 is 0 Å². The van der Waals surface area contributed by atoms with Gasteiger partial charge < -0.3 is 4.52 Å². The van der Waals surface area contributed by atoms with E-state index in [1.165, 1.54) is 12.1 Å². The smallest absolute Gasteiger partial charge is 0.269 e. The molecule has 156 valence electrons. The molecule has 0 spiro atoms. The van der Waals surface area contributed by atoms with Crippen LogP contribution in [-0.4, -0.2) is 22.0 Å². The lowest BCUT2D eigenvalue weighted by molar-refractivity contribution is -0.121. The number of rotatable bonds is 5. The SMILES string of the molecule is CC(C)(C)c1ccc(C(=O)NNC(=O)CCc2nc(-c3ccc(F)cc3)no2)cc1. The lowest BCUT2D eigenvalue weighted by Crippen LogP contribution is -2.41. The van der Waals surface area contributed by atoms with Crippen molar-refractivity contribution in [1.29, 1.82) is 0 Å². The molecule has 2 N–H and O–H groups in total. The number of nitrogens with zero attached hydrogens (tertiary/aromatic N) is 2. The third-order valence-electron chi connectivity index (χ3n) is 4.47. The van der Waals surface area contributed by atoms with E-state index in [0.717, 1.165) is 5.56 Å². The molecule has 30 heavy (non-hydrogen) atoms. The minimum atomic E-state index is -0.403. The maximum absolute atomic E-state index is 13.0. The van der Waals surface area contributed by atoms with Crippen LogP contribution in [0.4, 0.5) is 4.39 Å². The van der Waals surface area contributed by atoms with E-state index in [0.29, 0.717) is 17.0 Å². The summed E-state index contributed by atoms with van der Waals surface area (Å²) in [7, 11) is 0. The number of hydrogen-bond donors (Lipinski definition) is 2. The maximum atomic E-state index is 13.0. The Morgan fingerprint density at radius 1 is 1.00 bits per heavy atom. The van der Waals surface area contributed by atoms with E-state index in [4.69, 9.17) is 4.52 Å². The van der Waals surface area contributed by atoms with E-state index in [9.17, 15) is 14.0 Å². The molecule has 0 aliphatic carbocycles. The first kappa shape index (κ1) is 21.2. The van der Waals surface area contributed by atoms with Gasteiger partial charge in [0.15, 0.2) is 0 Å². The Morgan fingerprint density at radius 2 is 1.67 bits per heavy atom. The molecule has 8 heteroatoms. The van der Waals surface area contributed by atoms with Crippen molar-refractivity contribution in [2.75, 3.05) is 0 Å². The summed E-state index contributed by atoms with van der Waals surface area (Å²) in [6.45, 7) is 6.27. The largest absolute Gasteiger partial charge is 0.339 e. The Balaban J connectivity index is 1.47. The Labute approximate surface area is 173 Å². The summed E-state index contributed by atoms with van der Waals surface area (Å²) >= 11 is 0. The molecule has 0 aliphatic heterocycles. The van der Waals surface area contributed by atoms with Crippen molar-refractivity contribution in [3.8, 4) is 11.4 Å². The molecule has 3 rings (SSSR count). The van der Waals surface area contributed by atoms with Gasteiger partial charge in [0, 0.05) is 24.0 Å². The second kappa shape index (κ2) is 8.86. The number of hydrogen-bond acceptors (Lipinski definition) is 5. The van der Waals surface area contributed by atoms with Crippen molar-refractivity contribution < 1.29 is 18.5 Å². The highest BCUT2D eigenvalue weighted by Gasteiger charge is 2.15. The zero-order valence-electron chi connectivity index (χ0n) is 17.0. The highest BCUT2D eigenvalue weighted by atomic mass is 19.1. The summed E-state index contributed by atoms with van der Waals surface area (Å²) in [6, 6.07) is 12.9. The molecule has 2 amide bonds. The molecule has 0 unspecified atom stereocenters. The van der Waals surface area contributed by atoms with Crippen LogP contribution in [0.15, 0.2) is 53.1 Å². The van der Waals surface area contributed by atoms with Crippen LogP contribution in [0.2, 0.25) is 0 Å². The highest BCUT2D eigenvalue weighted by Crippen LogP contribution is 2.22. The quantitative estimate of drug-likeness (QED) is 0.627. The topological polar surface area (TPSA) is 97.1 Å². The third kappa shape index (κ3) is 5.50. The van der Waals surface area contributed by atoms with Crippen molar-refractivity contribution in [2.24, 2.45) is 0 Å². The average molecular weight is 410 g/mol. The zero-order chi connectivity index (χ0) is 21.7. The first-order valence-corrected chi connectivity index (χ1v) is 9.50. The third-order valence-corrected chi connectivity index (χ3v) is 4.47. The summed E-state index contributed by atoms with van der Waals surface area (Å²) in [5.74, 6) is -0.561. The summed E-state index contributed by atoms with van der Waals surface area (Å²) < 4.78 is 18.1. The molecule has 0 bridgehead atoms. The standard InChI is InChI=1S/C22H23FN4O3/c1-22(2,3)16-8-4-15(5-9-16)21(29)26-25-18(28)12-13-19-24-20(27-30-19)14-6-10-17(23)11-7-14/h4-11H,12-13H2,1-3H3,(H,25,28)(H,26,29). The monoisotopic (exact) mass is 410 g/mol. The van der Waals surface area contributed by atoms with Gasteiger partial charge in [-0.1, -0.05) is 38.1 Å². The molecule has 0 radical (unpaired) electrons. The number of carbonyl (C=O) groups excluding carboxylic acids is 2. The van der Waals surface area contributed by atoms with Crippen LogP contribution < -0.4 is 10.9 Å². The van der Waals surface area contributed by atoms with E-state index >= 15 is 0 Å². The van der Waals surface area contributed by atoms with Crippen molar-refractivity contribution in [2.45, 2.75) is 39.0 Å². The second-order valence-corrected chi connectivity index (χ2v) is 7.85. The van der Waals surface area contributed by atoms with E-state index < -0.39 is 11.8 Å². The molecule has 3 aromatic rings. The molecule has 2 aromatic carbocycles. The van der Waals surface area contributed by atoms with Gasteiger partial charge in [0.2, 0.25) is 17.6 Å². The minimum Gasteiger partial charge on any atom is -0.339 e. The minimum absolute atomic E-state index is 0.00542. The van der Waals surface area contributed by atoms with Crippen molar-refractivity contribution >= 4 is 11.8 Å². The first-order chi connectivity index (χ1) is 14.2. The number of nitrogens with one attached hydrogen (secondary N) is 2. The molecule has 0 atom stereocenters. The fourth-order valence-electron chi connectivity index (χ4n) is 2.68. The number of aromatic nitrogens is 2. The van der Waals surface area contributed by atoms with E-state index in [1.807, 2.05) is 12.1 Å². The van der Waals surface area contributed by atoms with E-state index in [1.54, 1.807) is 24.3 Å². The van der Waals surface area contributed by atoms with Crippen LogP contribution in [0.3, 0.4) is 0 Å². The van der Waals surface area contributed by atoms with Gasteiger partial charge in [0.1, 0.15) is 5.82 Å². The zero-order valence-corrected chi connectivity index (χ0v) is 17.0. The van der Waals surface area contributed by atoms with Crippen LogP contribution in [0, 0.1) is 5.82 Å². The number of benzene rings is 2. The van der Waals surface area contributed by atoms with Crippen molar-refractivity contribution in [1.82, 2.24) is 21.0 Å². The van der Waals surface area contributed by atoms with Crippen LogP contribution in [0.5, 0.6) is 0 Å². The number of carbonyl (C=O) groups is 2. The Morgan fingerprint density at radius 3 is 2.30 bits per heavy atom. The van der Waals surface area contributed by atoms with E-state index in [-0.39, 0.29) is 30.0 Å². The average Bonchev–Trinajstić information content (AvgIpc) is 3.19. The summed E-state index contributed by atoms with van der Waals surface area (Å²) in [6.07, 6.45) is 0.254. The lowest BCUT2D eigenvalue weighted by Gasteiger charge is -2.19. The molecule has 0 fully saturated rings. The van der Waals surface area contributed by atoms with Gasteiger partial charge in [0.25, 0.3) is 5.91 Å². The van der Waals surface area contributed by atoms with Gasteiger partial charge in [-0.15, -0.1) is 0 Å². The van der Waals surface area contributed by atoms with E-state index in [2.05, 4.69) is 41.8 Å². The van der Waals surface area contributed by atoms with Crippen LogP contribution in [0.25, 0.3) is 11.4 Å². The highest BCUT2D eigenvalue weighted by molar-refractivity contribution is 5.95. The fourth-order valence-corrected chi connectivity index (χ4v) is 2.68. The van der Waals surface area contributed by atoms with Gasteiger partial charge in [0.05, 0.1) is 0 Å². The summed E-state index contributed by atoms with van der Waals surface area (Å²) in [5.41, 5.74) is 6.93. The van der Waals surface area contributed by atoms with Gasteiger partial charge in [-0.2, -0.15) is 4.98 Å². The van der Waals surface area contributed by atoms with Crippen molar-refractivity contribution in [3.05, 3.63) is 71.4 Å². The number of aryl methyl sites for hydroxylation is 1. The van der Waals surface area contributed by atoms with Gasteiger partial charge in [-0.25, -0.2) is 4.39 Å². The normalized spacial score (nSPS) is 11.2. The van der Waals surface area contributed by atoms with Crippen molar-refractivity contribution in [3.63, 3.8) is 0 Å². The van der Waals surface area contributed by atoms with Gasteiger partial charge >= 0.3 is 0 Å². The number of amides is 2. The Kier molecular flexibility index (Phi) is 6.25. The first-order valence-electron chi connectivity index (χ1n) is 9.50. The Bertz CT molecular complexity index is 1020. The molecule has 7 nitrogen and oxygen atoms in total. The predicted molar refractivity (Wildman–Crippen MR) is 109 cm³/mol. The summed E-state index contributed by atoms with van der Waals surface area (Å²) in [4.78, 5) is 28.4. The van der Waals surface area contributed by atoms with Crippen LogP contribution in [0.1, 0.15) is 49.0 Å². The summed E-state index contributed by atoms with van der Waals surface area (Å²) in [5, 5.41) is 3.82. The number of hydrazine groups is 1. The molecular weight excluding hydrogens is 387 g/mol. The molecular formula is C22H23FN4O3. The predicted octanol–water partition coefficient (Wildman–Crippen LogP) is 3.57.